The minimum absolute atomic E-state index is 0.0468. The monoisotopic (exact) mass is 389 g/mol. The maximum absolute atomic E-state index is 12.5. The van der Waals surface area contributed by atoms with Crippen LogP contribution >= 0.6 is 24.0 Å². The lowest BCUT2D eigenvalue weighted by atomic mass is 10.1. The molecule has 3 rings (SSSR count). The van der Waals surface area contributed by atoms with E-state index in [0.717, 1.165) is 28.0 Å². The number of carbonyl (C=O) groups excluding carboxylic acids is 3. The molecule has 134 valence electrons. The Morgan fingerprint density at radius 1 is 1.35 bits per heavy atom. The standard InChI is InChI=1S/C17H13NO6S2/c19-14(20)7-11(16(22)23)18-15(21)13(26-17(18)25)6-9-5-10-3-1-2-4-12(10)24-8-9/h1-6,11H,7-8H2,(H,19,20)(H,22,23)/p-2/b13-6-/t11-/m1/s1. The van der Waals surface area contributed by atoms with Crippen molar-refractivity contribution in [2.45, 2.75) is 12.5 Å². The summed E-state index contributed by atoms with van der Waals surface area (Å²) in [6.07, 6.45) is 2.50. The van der Waals surface area contributed by atoms with Gasteiger partial charge in [-0.2, -0.15) is 0 Å². The largest absolute Gasteiger partial charge is 0.550 e. The van der Waals surface area contributed by atoms with Crippen LogP contribution in [-0.2, 0) is 14.4 Å². The molecule has 0 aromatic heterocycles. The van der Waals surface area contributed by atoms with Crippen molar-refractivity contribution in [3.8, 4) is 5.75 Å². The molecule has 1 aromatic carbocycles. The molecule has 0 saturated carbocycles. The first kappa shape index (κ1) is 18.2. The fraction of sp³-hybridized carbons (Fsp3) is 0.176. The number of hydrogen-bond acceptors (Lipinski definition) is 8. The second-order valence-electron chi connectivity index (χ2n) is 5.51. The van der Waals surface area contributed by atoms with Crippen molar-refractivity contribution >= 4 is 52.2 Å². The number of fused-ring (bicyclic) bond motifs is 1. The molecule has 9 heteroatoms. The first-order chi connectivity index (χ1) is 12.4. The third-order valence-corrected chi connectivity index (χ3v) is 5.07. The molecular weight excluding hydrogens is 378 g/mol. The van der Waals surface area contributed by atoms with Crippen LogP contribution in [0.2, 0.25) is 0 Å². The number of para-hydroxylation sites is 1. The SMILES string of the molecule is O=C([O-])C[C@H](C(=O)[O-])N1C(=O)/C(=C/C2=Cc3ccccc3OC2)SC1=S. The highest BCUT2D eigenvalue weighted by Crippen LogP contribution is 2.35. The molecule has 7 nitrogen and oxygen atoms in total. The van der Waals surface area contributed by atoms with Gasteiger partial charge in [-0.1, -0.05) is 42.2 Å². The Bertz CT molecular complexity index is 876. The van der Waals surface area contributed by atoms with E-state index in [2.05, 4.69) is 0 Å². The van der Waals surface area contributed by atoms with Crippen molar-refractivity contribution in [1.82, 2.24) is 4.90 Å². The molecule has 0 aliphatic carbocycles. The average molecular weight is 389 g/mol. The van der Waals surface area contributed by atoms with Crippen LogP contribution in [0.3, 0.4) is 0 Å². The number of thiocarbonyl (C=S) groups is 1. The summed E-state index contributed by atoms with van der Waals surface area (Å²) in [4.78, 5) is 35.5. The van der Waals surface area contributed by atoms with Gasteiger partial charge in [-0.3, -0.25) is 9.69 Å². The van der Waals surface area contributed by atoms with E-state index in [1.54, 1.807) is 6.08 Å². The minimum atomic E-state index is -1.71. The second kappa shape index (κ2) is 7.30. The van der Waals surface area contributed by atoms with Crippen LogP contribution in [0.25, 0.3) is 6.08 Å². The van der Waals surface area contributed by atoms with Crippen molar-refractivity contribution in [2.24, 2.45) is 0 Å². The number of nitrogens with zero attached hydrogens (tertiary/aromatic N) is 1. The van der Waals surface area contributed by atoms with Gasteiger partial charge in [-0.05, 0) is 23.8 Å². The predicted molar refractivity (Wildman–Crippen MR) is 93.5 cm³/mol. The lowest BCUT2D eigenvalue weighted by Crippen LogP contribution is -2.52. The summed E-state index contributed by atoms with van der Waals surface area (Å²) in [7, 11) is 0. The molecule has 2 aliphatic heterocycles. The number of aliphatic carboxylic acids is 2. The highest BCUT2D eigenvalue weighted by atomic mass is 32.2. The maximum atomic E-state index is 12.5. The Hall–Kier alpha value is -2.65. The first-order valence-corrected chi connectivity index (χ1v) is 8.69. The van der Waals surface area contributed by atoms with Gasteiger partial charge in [-0.25, -0.2) is 0 Å². The molecule has 2 heterocycles. The molecule has 1 amide bonds. The summed E-state index contributed by atoms with van der Waals surface area (Å²) < 4.78 is 5.56. The third-order valence-electron chi connectivity index (χ3n) is 3.74. The second-order valence-corrected chi connectivity index (χ2v) is 7.18. The number of carboxylic acid groups (broad SMARTS) is 2. The zero-order chi connectivity index (χ0) is 18.8. The highest BCUT2D eigenvalue weighted by molar-refractivity contribution is 8.26. The topological polar surface area (TPSA) is 110 Å². The maximum Gasteiger partial charge on any atom is 0.266 e. The van der Waals surface area contributed by atoms with Crippen molar-refractivity contribution < 1.29 is 29.3 Å². The lowest BCUT2D eigenvalue weighted by molar-refractivity contribution is -0.319. The molecule has 0 radical (unpaired) electrons. The van der Waals surface area contributed by atoms with Gasteiger partial charge in [0.2, 0.25) is 0 Å². The van der Waals surface area contributed by atoms with Crippen LogP contribution in [0.5, 0.6) is 5.75 Å². The van der Waals surface area contributed by atoms with Crippen molar-refractivity contribution in [3.63, 3.8) is 0 Å². The van der Waals surface area contributed by atoms with E-state index in [0.29, 0.717) is 5.57 Å². The van der Waals surface area contributed by atoms with Crippen molar-refractivity contribution in [1.29, 1.82) is 0 Å². The van der Waals surface area contributed by atoms with Gasteiger partial charge >= 0.3 is 0 Å². The number of carboxylic acids is 2. The first-order valence-electron chi connectivity index (χ1n) is 7.47. The molecule has 1 atom stereocenters. The Labute approximate surface area is 157 Å². The van der Waals surface area contributed by atoms with Gasteiger partial charge in [0.15, 0.2) is 0 Å². The van der Waals surface area contributed by atoms with Gasteiger partial charge < -0.3 is 24.5 Å². The molecule has 1 aromatic rings. The summed E-state index contributed by atoms with van der Waals surface area (Å²) in [5, 5.41) is 22.0. The number of hydrogen-bond donors (Lipinski definition) is 0. The molecule has 0 spiro atoms. The Morgan fingerprint density at radius 3 is 2.77 bits per heavy atom. The quantitative estimate of drug-likeness (QED) is 0.488. The summed E-state index contributed by atoms with van der Waals surface area (Å²) in [6.45, 7) is 0.240. The van der Waals surface area contributed by atoms with E-state index in [9.17, 15) is 24.6 Å². The van der Waals surface area contributed by atoms with Crippen LogP contribution in [0, 0.1) is 0 Å². The summed E-state index contributed by atoms with van der Waals surface area (Å²) in [5.41, 5.74) is 1.55. The molecule has 1 saturated heterocycles. The number of thioether (sulfide) groups is 1. The summed E-state index contributed by atoms with van der Waals surface area (Å²) in [5.74, 6) is -3.28. The fourth-order valence-corrected chi connectivity index (χ4v) is 3.94. The number of ether oxygens (including phenoxy) is 1. The lowest BCUT2D eigenvalue weighted by Gasteiger charge is -2.27. The highest BCUT2D eigenvalue weighted by Gasteiger charge is 2.38. The summed E-state index contributed by atoms with van der Waals surface area (Å²) >= 11 is 5.94. The normalized spacial score (nSPS) is 19.0. The van der Waals surface area contributed by atoms with Gasteiger partial charge in [0, 0.05) is 18.0 Å². The smallest absolute Gasteiger partial charge is 0.266 e. The molecule has 0 bridgehead atoms. The molecule has 26 heavy (non-hydrogen) atoms. The molecule has 0 unspecified atom stereocenters. The van der Waals surface area contributed by atoms with Crippen LogP contribution in [0.1, 0.15) is 12.0 Å². The molecule has 1 fully saturated rings. The predicted octanol–water partition coefficient (Wildman–Crippen LogP) is -0.535. The molecule has 0 N–H and O–H groups in total. The van der Waals surface area contributed by atoms with E-state index < -0.39 is 30.3 Å². The average Bonchev–Trinajstić information content (AvgIpc) is 2.86. The number of amides is 1. The fourth-order valence-electron chi connectivity index (χ4n) is 2.57. The van der Waals surface area contributed by atoms with Gasteiger partial charge in [-0.15, -0.1) is 0 Å². The van der Waals surface area contributed by atoms with E-state index in [-0.39, 0.29) is 15.8 Å². The van der Waals surface area contributed by atoms with Crippen molar-refractivity contribution in [3.05, 3.63) is 46.4 Å². The number of carbonyl (C=O) groups is 3. The van der Waals surface area contributed by atoms with Crippen molar-refractivity contribution in [2.75, 3.05) is 6.61 Å². The van der Waals surface area contributed by atoms with E-state index in [4.69, 9.17) is 17.0 Å². The van der Waals surface area contributed by atoms with Gasteiger partial charge in [0.05, 0.1) is 16.9 Å². The minimum Gasteiger partial charge on any atom is -0.550 e. The van der Waals surface area contributed by atoms with E-state index >= 15 is 0 Å². The zero-order valence-corrected chi connectivity index (χ0v) is 14.8. The number of benzene rings is 1. The van der Waals surface area contributed by atoms with Gasteiger partial charge in [0.25, 0.3) is 5.91 Å². The van der Waals surface area contributed by atoms with Crippen LogP contribution in [0.4, 0.5) is 0 Å². The zero-order valence-electron chi connectivity index (χ0n) is 13.2. The molecule has 2 aliphatic rings. The van der Waals surface area contributed by atoms with E-state index in [1.165, 1.54) is 0 Å². The Balaban J connectivity index is 1.87. The number of rotatable bonds is 5. The Morgan fingerprint density at radius 2 is 2.08 bits per heavy atom. The van der Waals surface area contributed by atoms with Crippen LogP contribution in [-0.4, -0.2) is 39.7 Å². The molecular formula is C17H11NO6S2-2. The van der Waals surface area contributed by atoms with Crippen LogP contribution in [0.15, 0.2) is 40.8 Å². The third kappa shape index (κ3) is 3.63. The van der Waals surface area contributed by atoms with Crippen LogP contribution < -0.4 is 14.9 Å². The Kier molecular flexibility index (Phi) is 5.10. The van der Waals surface area contributed by atoms with E-state index in [1.807, 2.05) is 30.3 Å². The summed E-state index contributed by atoms with van der Waals surface area (Å²) in [6, 6.07) is 5.67. The van der Waals surface area contributed by atoms with Gasteiger partial charge in [0.1, 0.15) is 16.7 Å².